The van der Waals surface area contributed by atoms with E-state index < -0.39 is 0 Å². The summed E-state index contributed by atoms with van der Waals surface area (Å²) >= 11 is 6.05. The van der Waals surface area contributed by atoms with Gasteiger partial charge in [-0.3, -0.25) is 4.79 Å². The molecule has 0 amide bonds. The van der Waals surface area contributed by atoms with Crippen molar-refractivity contribution in [3.05, 3.63) is 34.9 Å². The van der Waals surface area contributed by atoms with Gasteiger partial charge in [0.25, 0.3) is 0 Å². The number of hydrogen-bond acceptors (Lipinski definition) is 2. The fourth-order valence-corrected chi connectivity index (χ4v) is 2.03. The lowest BCUT2D eigenvalue weighted by molar-refractivity contribution is -0.120. The van der Waals surface area contributed by atoms with Gasteiger partial charge in [0.05, 0.1) is 0 Å². The fraction of sp³-hybridized carbons (Fsp3) is 0.364. The number of piperidine rings is 1. The van der Waals surface area contributed by atoms with E-state index in [4.69, 9.17) is 11.6 Å². The summed E-state index contributed by atoms with van der Waals surface area (Å²) in [4.78, 5) is 11.3. The van der Waals surface area contributed by atoms with Crippen molar-refractivity contribution in [2.45, 2.75) is 18.9 Å². The van der Waals surface area contributed by atoms with Crippen LogP contribution in [0.25, 0.3) is 0 Å². The van der Waals surface area contributed by atoms with Crippen molar-refractivity contribution in [3.63, 3.8) is 0 Å². The number of nitrogens with one attached hydrogen (secondary N) is 1. The largest absolute Gasteiger partial charge is 0.309 e. The van der Waals surface area contributed by atoms with E-state index in [9.17, 15) is 4.79 Å². The Morgan fingerprint density at radius 2 is 2.14 bits per heavy atom. The van der Waals surface area contributed by atoms with E-state index in [1.807, 2.05) is 24.3 Å². The molecule has 1 fully saturated rings. The highest BCUT2D eigenvalue weighted by molar-refractivity contribution is 6.31. The second-order valence-corrected chi connectivity index (χ2v) is 3.93. The van der Waals surface area contributed by atoms with Crippen molar-refractivity contribution in [1.82, 2.24) is 5.32 Å². The maximum absolute atomic E-state index is 11.3. The molecule has 2 nitrogen and oxygen atoms in total. The van der Waals surface area contributed by atoms with Crippen LogP contribution in [0.4, 0.5) is 0 Å². The van der Waals surface area contributed by atoms with Crippen LogP contribution in [-0.2, 0) is 4.79 Å². The molecule has 0 aliphatic carbocycles. The first-order valence-electron chi connectivity index (χ1n) is 4.77. The predicted octanol–water partition coefficient (Wildman–Crippen LogP) is 2.33. The van der Waals surface area contributed by atoms with E-state index >= 15 is 0 Å². The predicted molar refractivity (Wildman–Crippen MR) is 56.4 cm³/mol. The minimum atomic E-state index is 0.102. The highest BCUT2D eigenvalue weighted by Gasteiger charge is 2.21. The van der Waals surface area contributed by atoms with Gasteiger partial charge >= 0.3 is 0 Å². The summed E-state index contributed by atoms with van der Waals surface area (Å²) in [6.45, 7) is 0.759. The normalized spacial score (nSPS) is 22.4. The summed E-state index contributed by atoms with van der Waals surface area (Å²) in [6.07, 6.45) is 1.20. The molecule has 0 aromatic heterocycles. The number of carbonyl (C=O) groups is 1. The molecule has 1 aliphatic heterocycles. The van der Waals surface area contributed by atoms with Gasteiger partial charge in [-0.25, -0.2) is 0 Å². The molecule has 1 aromatic carbocycles. The molecule has 0 saturated carbocycles. The lowest BCUT2D eigenvalue weighted by Crippen LogP contribution is -2.31. The highest BCUT2D eigenvalue weighted by atomic mass is 35.5. The third kappa shape index (κ3) is 1.97. The SMILES string of the molecule is O=C1CCNC(c2ccccc2Cl)C1. The zero-order valence-electron chi connectivity index (χ0n) is 7.79. The molecule has 1 N–H and O–H groups in total. The number of rotatable bonds is 1. The van der Waals surface area contributed by atoms with E-state index in [0.717, 1.165) is 17.1 Å². The van der Waals surface area contributed by atoms with Gasteiger partial charge < -0.3 is 5.32 Å². The summed E-state index contributed by atoms with van der Waals surface area (Å²) in [5.41, 5.74) is 1.03. The topological polar surface area (TPSA) is 29.1 Å². The average molecular weight is 210 g/mol. The third-order valence-corrected chi connectivity index (χ3v) is 2.85. The highest BCUT2D eigenvalue weighted by Crippen LogP contribution is 2.27. The van der Waals surface area contributed by atoms with Crippen LogP contribution in [-0.4, -0.2) is 12.3 Å². The number of Topliss-reactive ketones (excluding diaryl/α,β-unsaturated/α-hetero) is 1. The van der Waals surface area contributed by atoms with Crippen LogP contribution < -0.4 is 5.32 Å². The van der Waals surface area contributed by atoms with Crippen LogP contribution in [0.15, 0.2) is 24.3 Å². The van der Waals surface area contributed by atoms with Crippen LogP contribution in [0.1, 0.15) is 24.4 Å². The lowest BCUT2D eigenvalue weighted by atomic mass is 9.97. The molecule has 0 bridgehead atoms. The molecule has 2 rings (SSSR count). The van der Waals surface area contributed by atoms with Crippen molar-refractivity contribution in [3.8, 4) is 0 Å². The van der Waals surface area contributed by atoms with Gasteiger partial charge in [-0.1, -0.05) is 29.8 Å². The van der Waals surface area contributed by atoms with E-state index in [1.54, 1.807) is 0 Å². The van der Waals surface area contributed by atoms with Gasteiger partial charge in [-0.2, -0.15) is 0 Å². The molecule has 0 spiro atoms. The Kier molecular flexibility index (Phi) is 2.85. The summed E-state index contributed by atoms with van der Waals surface area (Å²) < 4.78 is 0. The fourth-order valence-electron chi connectivity index (χ4n) is 1.77. The zero-order valence-corrected chi connectivity index (χ0v) is 8.55. The second kappa shape index (κ2) is 4.11. The van der Waals surface area contributed by atoms with Crippen molar-refractivity contribution < 1.29 is 4.79 Å². The summed E-state index contributed by atoms with van der Waals surface area (Å²) in [5.74, 6) is 0.314. The molecular weight excluding hydrogens is 198 g/mol. The van der Waals surface area contributed by atoms with Crippen molar-refractivity contribution in [2.75, 3.05) is 6.54 Å². The summed E-state index contributed by atoms with van der Waals surface area (Å²) in [7, 11) is 0. The first-order valence-corrected chi connectivity index (χ1v) is 5.14. The Bertz CT molecular complexity index is 351. The summed E-state index contributed by atoms with van der Waals surface area (Å²) in [5, 5.41) is 4.04. The zero-order chi connectivity index (χ0) is 9.97. The molecule has 74 valence electrons. The molecular formula is C11H12ClNO. The Balaban J connectivity index is 2.22. The average Bonchev–Trinajstić information content (AvgIpc) is 2.18. The second-order valence-electron chi connectivity index (χ2n) is 3.52. The van der Waals surface area contributed by atoms with Crippen LogP contribution in [0.5, 0.6) is 0 Å². The van der Waals surface area contributed by atoms with Crippen LogP contribution >= 0.6 is 11.6 Å². The Labute approximate surface area is 88.3 Å². The van der Waals surface area contributed by atoms with Crippen molar-refractivity contribution in [2.24, 2.45) is 0 Å². The van der Waals surface area contributed by atoms with E-state index in [1.165, 1.54) is 0 Å². The number of benzene rings is 1. The lowest BCUT2D eigenvalue weighted by Gasteiger charge is -2.23. The Morgan fingerprint density at radius 1 is 1.36 bits per heavy atom. The van der Waals surface area contributed by atoms with Gasteiger partial charge in [-0.05, 0) is 11.6 Å². The van der Waals surface area contributed by atoms with Gasteiger partial charge in [0.1, 0.15) is 5.78 Å². The minimum absolute atomic E-state index is 0.102. The monoisotopic (exact) mass is 209 g/mol. The molecule has 1 saturated heterocycles. The molecule has 1 aromatic rings. The van der Waals surface area contributed by atoms with E-state index in [-0.39, 0.29) is 6.04 Å². The van der Waals surface area contributed by atoms with Gasteiger partial charge in [0.2, 0.25) is 0 Å². The molecule has 1 atom stereocenters. The number of carbonyl (C=O) groups excluding carboxylic acids is 1. The quantitative estimate of drug-likeness (QED) is 0.769. The molecule has 0 radical (unpaired) electrons. The first-order chi connectivity index (χ1) is 6.77. The Morgan fingerprint density at radius 3 is 2.86 bits per heavy atom. The van der Waals surface area contributed by atoms with Crippen molar-refractivity contribution >= 4 is 17.4 Å². The smallest absolute Gasteiger partial charge is 0.136 e. The van der Waals surface area contributed by atoms with Crippen molar-refractivity contribution in [1.29, 1.82) is 0 Å². The van der Waals surface area contributed by atoms with E-state index in [2.05, 4.69) is 5.32 Å². The minimum Gasteiger partial charge on any atom is -0.309 e. The van der Waals surface area contributed by atoms with Crippen LogP contribution in [0.2, 0.25) is 5.02 Å². The number of hydrogen-bond donors (Lipinski definition) is 1. The molecule has 1 unspecified atom stereocenters. The maximum atomic E-state index is 11.3. The number of halogens is 1. The molecule has 3 heteroatoms. The first kappa shape index (κ1) is 9.69. The van der Waals surface area contributed by atoms with Gasteiger partial charge in [0, 0.05) is 30.5 Å². The molecule has 1 aliphatic rings. The van der Waals surface area contributed by atoms with Crippen LogP contribution in [0.3, 0.4) is 0 Å². The van der Waals surface area contributed by atoms with E-state index in [0.29, 0.717) is 18.6 Å². The van der Waals surface area contributed by atoms with Gasteiger partial charge in [-0.15, -0.1) is 0 Å². The Hall–Kier alpha value is -0.860. The van der Waals surface area contributed by atoms with Gasteiger partial charge in [0.15, 0.2) is 0 Å². The molecule has 14 heavy (non-hydrogen) atoms. The molecule has 1 heterocycles. The summed E-state index contributed by atoms with van der Waals surface area (Å²) in [6, 6.07) is 7.78. The maximum Gasteiger partial charge on any atom is 0.136 e. The third-order valence-electron chi connectivity index (χ3n) is 2.51. The standard InChI is InChI=1S/C11H12ClNO/c12-10-4-2-1-3-9(10)11-7-8(14)5-6-13-11/h1-4,11,13H,5-7H2. The van der Waals surface area contributed by atoms with Crippen LogP contribution in [0, 0.1) is 0 Å². The number of ketones is 1.